The van der Waals surface area contributed by atoms with Gasteiger partial charge < -0.3 is 10.2 Å². The van der Waals surface area contributed by atoms with Crippen molar-refractivity contribution in [2.24, 2.45) is 5.92 Å². The Kier molecular flexibility index (Phi) is 4.93. The van der Waals surface area contributed by atoms with Crippen LogP contribution in [0.4, 0.5) is 5.69 Å². The Morgan fingerprint density at radius 1 is 1.50 bits per heavy atom. The Hall–Kier alpha value is -0.250. The second-order valence-electron chi connectivity index (χ2n) is 5.26. The Bertz CT molecular complexity index is 409. The monoisotopic (exact) mass is 330 g/mol. The van der Waals surface area contributed by atoms with Gasteiger partial charge in [0.1, 0.15) is 0 Å². The van der Waals surface area contributed by atoms with Crippen molar-refractivity contribution in [1.82, 2.24) is 5.32 Å². The molecule has 1 unspecified atom stereocenters. The molecule has 0 bridgehead atoms. The van der Waals surface area contributed by atoms with Crippen LogP contribution in [0.3, 0.4) is 0 Å². The van der Waals surface area contributed by atoms with Gasteiger partial charge in [-0.25, -0.2) is 0 Å². The van der Waals surface area contributed by atoms with Crippen LogP contribution in [0.2, 0.25) is 5.02 Å². The average Bonchev–Trinajstić information content (AvgIpc) is 2.78. The predicted octanol–water partition coefficient (Wildman–Crippen LogP) is 3.93. The summed E-state index contributed by atoms with van der Waals surface area (Å²) in [5.74, 6) is 0.735. The second-order valence-corrected chi connectivity index (χ2v) is 6.55. The summed E-state index contributed by atoms with van der Waals surface area (Å²) in [7, 11) is 0. The summed E-state index contributed by atoms with van der Waals surface area (Å²) in [5, 5.41) is 4.32. The van der Waals surface area contributed by atoms with E-state index in [0.29, 0.717) is 6.04 Å². The minimum absolute atomic E-state index is 0.567. The molecule has 0 amide bonds. The predicted molar refractivity (Wildman–Crippen MR) is 82.6 cm³/mol. The highest BCUT2D eigenvalue weighted by molar-refractivity contribution is 9.10. The molecule has 1 N–H and O–H groups in total. The number of hydrogen-bond acceptors (Lipinski definition) is 2. The molecule has 0 radical (unpaired) electrons. The number of nitrogens with one attached hydrogen (secondary N) is 1. The molecule has 0 aliphatic carbocycles. The van der Waals surface area contributed by atoms with Gasteiger partial charge in [0.15, 0.2) is 0 Å². The first-order valence-electron chi connectivity index (χ1n) is 6.49. The van der Waals surface area contributed by atoms with Gasteiger partial charge >= 0.3 is 0 Å². The standard InChI is InChI=1S/C14H20BrClN2/c1-10(2)17-8-11-5-6-18(9-11)14-7-12(16)3-4-13(14)15/h3-4,7,10-11,17H,5-6,8-9H2,1-2H3. The van der Waals surface area contributed by atoms with Crippen LogP contribution in [-0.4, -0.2) is 25.7 Å². The smallest absolute Gasteiger partial charge is 0.0525 e. The molecule has 2 rings (SSSR count). The maximum Gasteiger partial charge on any atom is 0.0525 e. The third kappa shape index (κ3) is 3.62. The number of benzene rings is 1. The minimum atomic E-state index is 0.567. The van der Waals surface area contributed by atoms with E-state index in [9.17, 15) is 0 Å². The van der Waals surface area contributed by atoms with Crippen molar-refractivity contribution in [2.75, 3.05) is 24.5 Å². The summed E-state index contributed by atoms with van der Waals surface area (Å²) >= 11 is 9.68. The van der Waals surface area contributed by atoms with Crippen molar-refractivity contribution in [3.63, 3.8) is 0 Å². The van der Waals surface area contributed by atoms with Crippen molar-refractivity contribution in [3.05, 3.63) is 27.7 Å². The summed E-state index contributed by atoms with van der Waals surface area (Å²) < 4.78 is 1.13. The average molecular weight is 332 g/mol. The molecule has 1 atom stereocenters. The molecule has 1 heterocycles. The Morgan fingerprint density at radius 2 is 2.28 bits per heavy atom. The fourth-order valence-corrected chi connectivity index (χ4v) is 3.01. The Morgan fingerprint density at radius 3 is 3.00 bits per heavy atom. The molecular weight excluding hydrogens is 312 g/mol. The van der Waals surface area contributed by atoms with Crippen LogP contribution in [0.1, 0.15) is 20.3 Å². The van der Waals surface area contributed by atoms with Crippen LogP contribution in [0.15, 0.2) is 22.7 Å². The van der Waals surface area contributed by atoms with Gasteiger partial charge in [0.05, 0.1) is 5.69 Å². The van der Waals surface area contributed by atoms with Crippen molar-refractivity contribution >= 4 is 33.2 Å². The molecule has 1 aliphatic heterocycles. The highest BCUT2D eigenvalue weighted by Crippen LogP contribution is 2.32. The molecule has 1 aromatic rings. The molecule has 1 fully saturated rings. The summed E-state index contributed by atoms with van der Waals surface area (Å²) in [4.78, 5) is 2.42. The van der Waals surface area contributed by atoms with E-state index < -0.39 is 0 Å². The lowest BCUT2D eigenvalue weighted by Crippen LogP contribution is -2.30. The van der Waals surface area contributed by atoms with E-state index in [1.54, 1.807) is 0 Å². The van der Waals surface area contributed by atoms with Gasteiger partial charge in [-0.05, 0) is 53.0 Å². The molecule has 2 nitrogen and oxygen atoms in total. The largest absolute Gasteiger partial charge is 0.370 e. The zero-order valence-corrected chi connectivity index (χ0v) is 13.3. The lowest BCUT2D eigenvalue weighted by molar-refractivity contribution is 0.480. The second kappa shape index (κ2) is 6.27. The summed E-state index contributed by atoms with van der Waals surface area (Å²) in [6.07, 6.45) is 1.25. The number of hydrogen-bond donors (Lipinski definition) is 1. The van der Waals surface area contributed by atoms with E-state index in [0.717, 1.165) is 35.0 Å². The lowest BCUT2D eigenvalue weighted by Gasteiger charge is -2.21. The molecule has 1 aliphatic rings. The van der Waals surface area contributed by atoms with Crippen molar-refractivity contribution in [3.8, 4) is 0 Å². The van der Waals surface area contributed by atoms with Gasteiger partial charge in [-0.2, -0.15) is 0 Å². The molecule has 18 heavy (non-hydrogen) atoms. The lowest BCUT2D eigenvalue weighted by atomic mass is 10.1. The highest BCUT2D eigenvalue weighted by Gasteiger charge is 2.23. The zero-order valence-electron chi connectivity index (χ0n) is 10.9. The summed E-state index contributed by atoms with van der Waals surface area (Å²) in [5.41, 5.74) is 1.22. The van der Waals surface area contributed by atoms with Crippen molar-refractivity contribution in [2.45, 2.75) is 26.3 Å². The fraction of sp³-hybridized carbons (Fsp3) is 0.571. The Balaban J connectivity index is 1.97. The molecule has 0 spiro atoms. The fourth-order valence-electron chi connectivity index (χ4n) is 2.35. The van der Waals surface area contributed by atoms with Crippen molar-refractivity contribution < 1.29 is 0 Å². The van der Waals surface area contributed by atoms with Gasteiger partial charge in [0.25, 0.3) is 0 Å². The summed E-state index contributed by atoms with van der Waals surface area (Å²) in [6, 6.07) is 6.56. The van der Waals surface area contributed by atoms with Crippen LogP contribution < -0.4 is 10.2 Å². The number of nitrogens with zero attached hydrogens (tertiary/aromatic N) is 1. The van der Waals surface area contributed by atoms with E-state index in [4.69, 9.17) is 11.6 Å². The molecular formula is C14H20BrClN2. The molecule has 100 valence electrons. The topological polar surface area (TPSA) is 15.3 Å². The van der Waals surface area contributed by atoms with Crippen LogP contribution in [-0.2, 0) is 0 Å². The third-order valence-electron chi connectivity index (χ3n) is 3.35. The SMILES string of the molecule is CC(C)NCC1CCN(c2cc(Cl)ccc2Br)C1. The van der Waals surface area contributed by atoms with Crippen LogP contribution >= 0.6 is 27.5 Å². The van der Waals surface area contributed by atoms with Gasteiger partial charge in [-0.15, -0.1) is 0 Å². The molecule has 1 aromatic carbocycles. The number of halogens is 2. The zero-order chi connectivity index (χ0) is 13.1. The van der Waals surface area contributed by atoms with E-state index in [-0.39, 0.29) is 0 Å². The van der Waals surface area contributed by atoms with Crippen LogP contribution in [0.25, 0.3) is 0 Å². The third-order valence-corrected chi connectivity index (χ3v) is 4.26. The first-order valence-corrected chi connectivity index (χ1v) is 7.66. The minimum Gasteiger partial charge on any atom is -0.370 e. The highest BCUT2D eigenvalue weighted by atomic mass is 79.9. The quantitative estimate of drug-likeness (QED) is 0.899. The van der Waals surface area contributed by atoms with Gasteiger partial charge in [-0.3, -0.25) is 0 Å². The van der Waals surface area contributed by atoms with Gasteiger partial charge in [0.2, 0.25) is 0 Å². The van der Waals surface area contributed by atoms with Crippen LogP contribution in [0, 0.1) is 5.92 Å². The molecule has 1 saturated heterocycles. The van der Waals surface area contributed by atoms with Crippen molar-refractivity contribution in [1.29, 1.82) is 0 Å². The maximum atomic E-state index is 6.07. The van der Waals surface area contributed by atoms with E-state index in [1.165, 1.54) is 12.1 Å². The summed E-state index contributed by atoms with van der Waals surface area (Å²) in [6.45, 7) is 7.72. The first-order chi connectivity index (χ1) is 8.56. The van der Waals surface area contributed by atoms with Gasteiger partial charge in [-0.1, -0.05) is 25.4 Å². The Labute approximate surface area is 123 Å². The first kappa shape index (κ1) is 14.2. The normalized spacial score (nSPS) is 19.8. The van der Waals surface area contributed by atoms with E-state index in [1.807, 2.05) is 18.2 Å². The molecule has 0 aromatic heterocycles. The number of rotatable bonds is 4. The van der Waals surface area contributed by atoms with E-state index in [2.05, 4.69) is 40.0 Å². The maximum absolute atomic E-state index is 6.07. The number of anilines is 1. The molecule has 4 heteroatoms. The van der Waals surface area contributed by atoms with Crippen LogP contribution in [0.5, 0.6) is 0 Å². The van der Waals surface area contributed by atoms with Gasteiger partial charge in [0, 0.05) is 28.6 Å². The molecule has 0 saturated carbocycles. The van der Waals surface area contributed by atoms with E-state index >= 15 is 0 Å².